The highest BCUT2D eigenvalue weighted by Gasteiger charge is 2.41. The Bertz CT molecular complexity index is 1110. The normalized spacial score (nSPS) is 21.7. The van der Waals surface area contributed by atoms with Crippen molar-refractivity contribution in [3.63, 3.8) is 0 Å². The number of aryl methyl sites for hydroxylation is 1. The van der Waals surface area contributed by atoms with Gasteiger partial charge in [-0.05, 0) is 69.6 Å². The third-order valence-electron chi connectivity index (χ3n) is 6.65. The second-order valence-electron chi connectivity index (χ2n) is 9.10. The van der Waals surface area contributed by atoms with Gasteiger partial charge in [0.1, 0.15) is 5.75 Å². The highest BCUT2D eigenvalue weighted by atomic mass is 32.2. The lowest BCUT2D eigenvalue weighted by molar-refractivity contribution is 0.0534. The fourth-order valence-corrected chi connectivity index (χ4v) is 6.35. The number of nitrogens with zero attached hydrogens (tertiary/aromatic N) is 2. The maximum Gasteiger partial charge on any atom is 0.262 e. The van der Waals surface area contributed by atoms with Crippen molar-refractivity contribution in [3.8, 4) is 5.75 Å². The van der Waals surface area contributed by atoms with Crippen LogP contribution in [0.2, 0.25) is 0 Å². The van der Waals surface area contributed by atoms with E-state index in [1.165, 1.54) is 13.2 Å². The first-order chi connectivity index (χ1) is 15.2. The van der Waals surface area contributed by atoms with Gasteiger partial charge < -0.3 is 14.5 Å². The molecule has 2 fully saturated rings. The highest BCUT2D eigenvalue weighted by molar-refractivity contribution is 7.92. The third-order valence-corrected chi connectivity index (χ3v) is 8.16. The maximum absolute atomic E-state index is 13.3. The Morgan fingerprint density at radius 3 is 2.59 bits per heavy atom. The smallest absolute Gasteiger partial charge is 0.262 e. The zero-order valence-electron chi connectivity index (χ0n) is 18.9. The van der Waals surface area contributed by atoms with E-state index in [2.05, 4.69) is 16.7 Å². The molecule has 1 atom stereocenters. The van der Waals surface area contributed by atoms with E-state index in [9.17, 15) is 13.2 Å². The van der Waals surface area contributed by atoms with Crippen molar-refractivity contribution < 1.29 is 17.9 Å². The van der Waals surface area contributed by atoms with E-state index < -0.39 is 10.0 Å². The number of carbonyl (C=O) groups excluding carboxylic acids is 1. The summed E-state index contributed by atoms with van der Waals surface area (Å²) in [6.45, 7) is 5.23. The van der Waals surface area contributed by atoms with Gasteiger partial charge in [-0.2, -0.15) is 0 Å². The number of sulfonamides is 1. The Balaban J connectivity index is 1.59. The quantitative estimate of drug-likeness (QED) is 0.745. The maximum atomic E-state index is 13.3. The lowest BCUT2D eigenvalue weighted by Gasteiger charge is -2.40. The number of nitrogens with one attached hydrogen (secondary N) is 1. The summed E-state index contributed by atoms with van der Waals surface area (Å²) in [5.41, 5.74) is 1.50. The molecule has 172 valence electrons. The predicted molar refractivity (Wildman–Crippen MR) is 125 cm³/mol. The number of likely N-dealkylation sites (tertiary alicyclic amines) is 2. The van der Waals surface area contributed by atoms with Crippen molar-refractivity contribution >= 4 is 21.6 Å². The van der Waals surface area contributed by atoms with Crippen LogP contribution in [0.3, 0.4) is 0 Å². The molecule has 1 unspecified atom stereocenters. The number of para-hydroxylation sites is 2. The molecule has 8 heteroatoms. The summed E-state index contributed by atoms with van der Waals surface area (Å²) in [5, 5.41) is 0. The fraction of sp³-hybridized carbons (Fsp3) is 0.458. The number of amides is 1. The number of hydrogen-bond acceptors (Lipinski definition) is 5. The number of benzene rings is 2. The zero-order chi connectivity index (χ0) is 22.9. The van der Waals surface area contributed by atoms with Crippen molar-refractivity contribution in [1.29, 1.82) is 0 Å². The number of hydrogen-bond donors (Lipinski definition) is 1. The number of piperidine rings is 1. The first-order valence-electron chi connectivity index (χ1n) is 11.0. The van der Waals surface area contributed by atoms with Crippen LogP contribution in [-0.2, 0) is 10.0 Å². The molecule has 1 N–H and O–H groups in total. The van der Waals surface area contributed by atoms with E-state index in [-0.39, 0.29) is 16.2 Å². The Labute approximate surface area is 190 Å². The highest BCUT2D eigenvalue weighted by Crippen LogP contribution is 2.39. The topological polar surface area (TPSA) is 78.9 Å². The molecule has 0 bridgehead atoms. The molecule has 1 spiro atoms. The molecule has 4 rings (SSSR count). The molecule has 32 heavy (non-hydrogen) atoms. The van der Waals surface area contributed by atoms with Crippen molar-refractivity contribution in [1.82, 2.24) is 9.80 Å². The molecule has 7 nitrogen and oxygen atoms in total. The number of ether oxygens (including phenoxy) is 1. The third kappa shape index (κ3) is 4.47. The molecule has 2 aromatic carbocycles. The average Bonchev–Trinajstić information content (AvgIpc) is 3.12. The first-order valence-corrected chi connectivity index (χ1v) is 12.5. The Hall–Kier alpha value is -2.58. The van der Waals surface area contributed by atoms with Gasteiger partial charge in [-0.3, -0.25) is 9.52 Å². The summed E-state index contributed by atoms with van der Waals surface area (Å²) in [7, 11) is -0.283. The molecule has 2 saturated heterocycles. The SMILES string of the molecule is COc1ccccc1NS(=O)(=O)c1cc(C(=O)N2CCCC3(CCN(C)C3)C2)ccc1C. The minimum atomic E-state index is -3.90. The molecule has 2 aliphatic heterocycles. The van der Waals surface area contributed by atoms with Gasteiger partial charge >= 0.3 is 0 Å². The minimum Gasteiger partial charge on any atom is -0.495 e. The van der Waals surface area contributed by atoms with Crippen LogP contribution in [0.15, 0.2) is 47.4 Å². The van der Waals surface area contributed by atoms with Crippen LogP contribution < -0.4 is 9.46 Å². The van der Waals surface area contributed by atoms with Crippen molar-refractivity contribution in [2.45, 2.75) is 31.1 Å². The fourth-order valence-electron chi connectivity index (χ4n) is 5.01. The Morgan fingerprint density at radius 2 is 1.88 bits per heavy atom. The van der Waals surface area contributed by atoms with E-state index in [1.807, 2.05) is 4.90 Å². The first kappa shape index (κ1) is 22.6. The largest absolute Gasteiger partial charge is 0.495 e. The van der Waals surface area contributed by atoms with Crippen LogP contribution in [0.1, 0.15) is 35.2 Å². The van der Waals surface area contributed by atoms with Crippen molar-refractivity contribution in [2.75, 3.05) is 45.1 Å². The molecule has 2 heterocycles. The molecule has 1 amide bonds. The number of methoxy groups -OCH3 is 1. The van der Waals surface area contributed by atoms with Crippen LogP contribution in [0.4, 0.5) is 5.69 Å². The van der Waals surface area contributed by atoms with E-state index in [0.29, 0.717) is 29.1 Å². The molecular formula is C24H31N3O4S. The molecular weight excluding hydrogens is 426 g/mol. The van der Waals surface area contributed by atoms with Gasteiger partial charge in [0.05, 0.1) is 17.7 Å². The molecule has 0 radical (unpaired) electrons. The summed E-state index contributed by atoms with van der Waals surface area (Å²) in [6, 6.07) is 11.8. The van der Waals surface area contributed by atoms with Crippen LogP contribution in [-0.4, -0.2) is 64.5 Å². The van der Waals surface area contributed by atoms with Crippen LogP contribution in [0.5, 0.6) is 5.75 Å². The lowest BCUT2D eigenvalue weighted by atomic mass is 9.79. The van der Waals surface area contributed by atoms with Gasteiger partial charge in [0.25, 0.3) is 15.9 Å². The van der Waals surface area contributed by atoms with Gasteiger partial charge in [-0.15, -0.1) is 0 Å². The molecule has 2 aliphatic rings. The Morgan fingerprint density at radius 1 is 1.09 bits per heavy atom. The second kappa shape index (κ2) is 8.75. The summed E-state index contributed by atoms with van der Waals surface area (Å²) in [4.78, 5) is 17.7. The minimum absolute atomic E-state index is 0.0987. The zero-order valence-corrected chi connectivity index (χ0v) is 19.7. The number of carbonyl (C=O) groups is 1. The van der Waals surface area contributed by atoms with Crippen LogP contribution in [0.25, 0.3) is 0 Å². The lowest BCUT2D eigenvalue weighted by Crippen LogP contribution is -2.47. The predicted octanol–water partition coefficient (Wildman–Crippen LogP) is 3.36. The summed E-state index contributed by atoms with van der Waals surface area (Å²) in [5.74, 6) is 0.327. The van der Waals surface area contributed by atoms with Crippen LogP contribution in [0, 0.1) is 12.3 Å². The van der Waals surface area contributed by atoms with Gasteiger partial charge in [0.15, 0.2) is 0 Å². The van der Waals surface area contributed by atoms with Gasteiger partial charge in [-0.25, -0.2) is 8.42 Å². The van der Waals surface area contributed by atoms with Gasteiger partial charge in [0.2, 0.25) is 0 Å². The van der Waals surface area contributed by atoms with Crippen LogP contribution >= 0.6 is 0 Å². The van der Waals surface area contributed by atoms with E-state index in [4.69, 9.17) is 4.74 Å². The standard InChI is InChI=1S/C24H31N3O4S/c1-18-9-10-19(23(28)27-13-6-11-24(17-27)12-14-26(2)16-24)15-22(18)32(29,30)25-20-7-4-5-8-21(20)31-3/h4-5,7-10,15,25H,6,11-14,16-17H2,1-3H3. The number of rotatable bonds is 5. The Kier molecular flexibility index (Phi) is 6.18. The van der Waals surface area contributed by atoms with Crippen molar-refractivity contribution in [2.24, 2.45) is 5.41 Å². The summed E-state index contributed by atoms with van der Waals surface area (Å²) in [6.07, 6.45) is 3.22. The monoisotopic (exact) mass is 457 g/mol. The molecule has 2 aromatic rings. The molecule has 0 aromatic heterocycles. The van der Waals surface area contributed by atoms with Gasteiger partial charge in [0, 0.05) is 30.6 Å². The molecule has 0 aliphatic carbocycles. The van der Waals surface area contributed by atoms with Gasteiger partial charge in [-0.1, -0.05) is 18.2 Å². The number of anilines is 1. The average molecular weight is 458 g/mol. The summed E-state index contributed by atoms with van der Waals surface area (Å²) < 4.78 is 34.2. The second-order valence-corrected chi connectivity index (χ2v) is 10.8. The van der Waals surface area contributed by atoms with E-state index in [1.54, 1.807) is 43.3 Å². The van der Waals surface area contributed by atoms with E-state index in [0.717, 1.165) is 38.9 Å². The van der Waals surface area contributed by atoms with Crippen molar-refractivity contribution in [3.05, 3.63) is 53.6 Å². The molecule has 0 saturated carbocycles. The summed E-state index contributed by atoms with van der Waals surface area (Å²) >= 11 is 0. The van der Waals surface area contributed by atoms with E-state index >= 15 is 0 Å².